The molecule has 0 radical (unpaired) electrons. The lowest BCUT2D eigenvalue weighted by Crippen LogP contribution is -2.34. The first-order valence-corrected chi connectivity index (χ1v) is 9.90. The first-order valence-electron chi connectivity index (χ1n) is 8.19. The number of carbonyl (C=O) groups is 2. The molecule has 1 aromatic carbocycles. The largest absolute Gasteiger partial charge is 0.453 e. The van der Waals surface area contributed by atoms with Crippen molar-refractivity contribution in [3.63, 3.8) is 0 Å². The Morgan fingerprint density at radius 1 is 1.35 bits per heavy atom. The molecule has 1 N–H and O–H groups in total. The van der Waals surface area contributed by atoms with Gasteiger partial charge in [0.25, 0.3) is 0 Å². The maximum Gasteiger partial charge on any atom is 0.414 e. The number of cyclic esters (lactones) is 1. The molecule has 0 aromatic heterocycles. The van der Waals surface area contributed by atoms with Gasteiger partial charge in [-0.05, 0) is 24.1 Å². The van der Waals surface area contributed by atoms with E-state index in [1.807, 2.05) is 24.3 Å². The minimum Gasteiger partial charge on any atom is -0.453 e. The number of allylic oxidation sites excluding steroid dienone is 1. The summed E-state index contributed by atoms with van der Waals surface area (Å²) in [6, 6.07) is 7.39. The van der Waals surface area contributed by atoms with Crippen LogP contribution in [0.5, 0.6) is 0 Å². The Labute approximate surface area is 151 Å². The van der Waals surface area contributed by atoms with Crippen LogP contribution in [-0.2, 0) is 19.3 Å². The van der Waals surface area contributed by atoms with E-state index in [-0.39, 0.29) is 18.2 Å². The molecule has 26 heavy (non-hydrogen) atoms. The van der Waals surface area contributed by atoms with E-state index in [0.717, 1.165) is 5.56 Å². The molecule has 0 bridgehead atoms. The van der Waals surface area contributed by atoms with Gasteiger partial charge in [-0.2, -0.15) is 0 Å². The molecule has 2 aliphatic rings. The van der Waals surface area contributed by atoms with Crippen molar-refractivity contribution in [2.75, 3.05) is 30.9 Å². The second-order valence-corrected chi connectivity index (χ2v) is 8.18. The molecule has 1 aromatic rings. The van der Waals surface area contributed by atoms with Gasteiger partial charge in [0.1, 0.15) is 6.10 Å². The molecule has 3 rings (SSSR count). The fourth-order valence-corrected chi connectivity index (χ4v) is 4.10. The third-order valence-corrected chi connectivity index (χ3v) is 5.77. The molecule has 2 heterocycles. The minimum atomic E-state index is -3.06. The van der Waals surface area contributed by atoms with Gasteiger partial charge in [-0.15, -0.1) is 0 Å². The zero-order chi connectivity index (χ0) is 18.7. The number of nitrogens with zero attached hydrogens (tertiary/aromatic N) is 1. The summed E-state index contributed by atoms with van der Waals surface area (Å²) >= 11 is 0. The third kappa shape index (κ3) is 4.16. The highest BCUT2D eigenvalue weighted by atomic mass is 32.2. The standard InChI is InChI=1S/C17H20N2O6S/c1-24-16(20)18-10-15-11-19(17(21)25-15)14-4-2-12(3-5-14)13-6-8-26(22,23)9-7-13/h2-6,8,13,15H,7,9-11H2,1H3,(H,18,20). The second kappa shape index (κ2) is 7.36. The van der Waals surface area contributed by atoms with Crippen molar-refractivity contribution >= 4 is 27.7 Å². The van der Waals surface area contributed by atoms with Crippen LogP contribution in [0.3, 0.4) is 0 Å². The van der Waals surface area contributed by atoms with Gasteiger partial charge < -0.3 is 14.8 Å². The van der Waals surface area contributed by atoms with Crippen LogP contribution in [0, 0.1) is 0 Å². The van der Waals surface area contributed by atoms with Gasteiger partial charge in [-0.1, -0.05) is 18.2 Å². The van der Waals surface area contributed by atoms with E-state index in [9.17, 15) is 18.0 Å². The van der Waals surface area contributed by atoms with Gasteiger partial charge in [-0.25, -0.2) is 18.0 Å². The summed E-state index contributed by atoms with van der Waals surface area (Å²) in [6.07, 6.45) is 0.745. The summed E-state index contributed by atoms with van der Waals surface area (Å²) in [5.41, 5.74) is 1.68. The van der Waals surface area contributed by atoms with Gasteiger partial charge in [-0.3, -0.25) is 4.90 Å². The summed E-state index contributed by atoms with van der Waals surface area (Å²) in [4.78, 5) is 24.6. The van der Waals surface area contributed by atoms with Crippen LogP contribution in [-0.4, -0.2) is 52.7 Å². The Bertz CT molecular complexity index is 818. The summed E-state index contributed by atoms with van der Waals surface area (Å²) in [5, 5.41) is 3.77. The van der Waals surface area contributed by atoms with Crippen LogP contribution in [0.1, 0.15) is 17.9 Å². The van der Waals surface area contributed by atoms with Crippen LogP contribution in [0.2, 0.25) is 0 Å². The molecule has 0 spiro atoms. The smallest absolute Gasteiger partial charge is 0.414 e. The van der Waals surface area contributed by atoms with Crippen molar-refractivity contribution in [3.05, 3.63) is 41.3 Å². The quantitative estimate of drug-likeness (QED) is 0.854. The highest BCUT2D eigenvalue weighted by molar-refractivity contribution is 7.94. The number of anilines is 1. The van der Waals surface area contributed by atoms with E-state index >= 15 is 0 Å². The number of hydrogen-bond acceptors (Lipinski definition) is 6. The number of amides is 2. The van der Waals surface area contributed by atoms with Gasteiger partial charge in [0.05, 0.1) is 26.0 Å². The number of alkyl carbamates (subject to hydrolysis) is 1. The van der Waals surface area contributed by atoms with Crippen molar-refractivity contribution in [2.45, 2.75) is 18.4 Å². The van der Waals surface area contributed by atoms with Crippen molar-refractivity contribution < 1.29 is 27.5 Å². The van der Waals surface area contributed by atoms with E-state index in [4.69, 9.17) is 4.74 Å². The van der Waals surface area contributed by atoms with Gasteiger partial charge >= 0.3 is 12.2 Å². The number of carbonyl (C=O) groups excluding carboxylic acids is 2. The molecule has 9 heteroatoms. The molecule has 8 nitrogen and oxygen atoms in total. The number of sulfone groups is 1. The lowest BCUT2D eigenvalue weighted by atomic mass is 9.96. The predicted octanol–water partition coefficient (Wildman–Crippen LogP) is 1.78. The molecule has 1 saturated heterocycles. The normalized spacial score (nSPS) is 24.2. The molecular weight excluding hydrogens is 360 g/mol. The SMILES string of the molecule is COC(=O)NCC1CN(c2ccc(C3C=CS(=O)(=O)CC3)cc2)C(=O)O1. The summed E-state index contributed by atoms with van der Waals surface area (Å²) in [5.74, 6) is 0.193. The molecule has 0 aliphatic carbocycles. The zero-order valence-corrected chi connectivity index (χ0v) is 15.1. The zero-order valence-electron chi connectivity index (χ0n) is 14.3. The lowest BCUT2D eigenvalue weighted by Gasteiger charge is -2.18. The van der Waals surface area contributed by atoms with E-state index in [1.54, 1.807) is 6.08 Å². The lowest BCUT2D eigenvalue weighted by molar-refractivity contribution is 0.132. The number of hydrogen-bond donors (Lipinski definition) is 1. The molecule has 140 valence electrons. The van der Waals surface area contributed by atoms with Gasteiger partial charge in [0, 0.05) is 17.0 Å². The van der Waals surface area contributed by atoms with Crippen molar-refractivity contribution in [1.29, 1.82) is 0 Å². The van der Waals surface area contributed by atoms with Gasteiger partial charge in [0.15, 0.2) is 9.84 Å². The van der Waals surface area contributed by atoms with Crippen LogP contribution < -0.4 is 10.2 Å². The topological polar surface area (TPSA) is 102 Å². The van der Waals surface area contributed by atoms with Crippen molar-refractivity contribution in [3.8, 4) is 0 Å². The maximum absolute atomic E-state index is 12.0. The second-order valence-electron chi connectivity index (χ2n) is 6.17. The first-order chi connectivity index (χ1) is 12.4. The Morgan fingerprint density at radius 2 is 2.08 bits per heavy atom. The molecule has 2 amide bonds. The fraction of sp³-hybridized carbons (Fsp3) is 0.412. The Morgan fingerprint density at radius 3 is 2.69 bits per heavy atom. The molecular formula is C17H20N2O6S. The highest BCUT2D eigenvalue weighted by Crippen LogP contribution is 2.29. The van der Waals surface area contributed by atoms with E-state index in [2.05, 4.69) is 10.1 Å². The Hall–Kier alpha value is -2.55. The third-order valence-electron chi connectivity index (χ3n) is 4.40. The van der Waals surface area contributed by atoms with Crippen molar-refractivity contribution in [2.24, 2.45) is 0 Å². The Balaban J connectivity index is 1.63. The maximum atomic E-state index is 12.0. The highest BCUT2D eigenvalue weighted by Gasteiger charge is 2.32. The van der Waals surface area contributed by atoms with Crippen LogP contribution in [0.25, 0.3) is 0 Å². The molecule has 1 fully saturated rings. The summed E-state index contributed by atoms with van der Waals surface area (Å²) in [6.45, 7) is 0.498. The number of methoxy groups -OCH3 is 1. The minimum absolute atomic E-state index is 0.0510. The van der Waals surface area contributed by atoms with E-state index in [0.29, 0.717) is 18.7 Å². The summed E-state index contributed by atoms with van der Waals surface area (Å²) in [7, 11) is -1.80. The number of ether oxygens (including phenoxy) is 2. The summed E-state index contributed by atoms with van der Waals surface area (Å²) < 4.78 is 32.6. The van der Waals surface area contributed by atoms with E-state index in [1.165, 1.54) is 17.4 Å². The molecule has 2 aliphatic heterocycles. The number of benzene rings is 1. The fourth-order valence-electron chi connectivity index (χ4n) is 2.96. The first kappa shape index (κ1) is 18.2. The molecule has 2 atom stereocenters. The van der Waals surface area contributed by atoms with Crippen LogP contribution in [0.4, 0.5) is 15.3 Å². The van der Waals surface area contributed by atoms with E-state index < -0.39 is 28.1 Å². The van der Waals surface area contributed by atoms with Crippen LogP contribution in [0.15, 0.2) is 35.7 Å². The number of nitrogens with one attached hydrogen (secondary N) is 1. The van der Waals surface area contributed by atoms with Crippen molar-refractivity contribution in [1.82, 2.24) is 5.32 Å². The predicted molar refractivity (Wildman–Crippen MR) is 94.7 cm³/mol. The van der Waals surface area contributed by atoms with Gasteiger partial charge in [0.2, 0.25) is 0 Å². The monoisotopic (exact) mass is 380 g/mol. The molecule has 0 saturated carbocycles. The molecule has 2 unspecified atom stereocenters. The Kier molecular flexibility index (Phi) is 5.17. The average molecular weight is 380 g/mol. The van der Waals surface area contributed by atoms with Crippen LogP contribution >= 0.6 is 0 Å². The number of rotatable bonds is 4. The average Bonchev–Trinajstić information content (AvgIpc) is 3.00.